The van der Waals surface area contributed by atoms with Crippen molar-refractivity contribution in [3.8, 4) is 17.6 Å². The van der Waals surface area contributed by atoms with Crippen molar-refractivity contribution in [3.63, 3.8) is 0 Å². The van der Waals surface area contributed by atoms with E-state index in [1.54, 1.807) is 7.11 Å². The van der Waals surface area contributed by atoms with E-state index in [9.17, 15) is 0 Å². The zero-order chi connectivity index (χ0) is 15.5. The van der Waals surface area contributed by atoms with Gasteiger partial charge in [-0.3, -0.25) is 4.90 Å². The fourth-order valence-corrected chi connectivity index (χ4v) is 2.04. The first kappa shape index (κ1) is 17.5. The van der Waals surface area contributed by atoms with Crippen LogP contribution in [0.5, 0.6) is 5.75 Å². The van der Waals surface area contributed by atoms with E-state index < -0.39 is 0 Å². The summed E-state index contributed by atoms with van der Waals surface area (Å²) in [6, 6.07) is 6.12. The molecule has 0 fully saturated rings. The first-order chi connectivity index (χ1) is 10.2. The van der Waals surface area contributed by atoms with Gasteiger partial charge in [0.05, 0.1) is 25.8 Å². The maximum Gasteiger partial charge on any atom is 0.134 e. The van der Waals surface area contributed by atoms with E-state index >= 15 is 0 Å². The average Bonchev–Trinajstić information content (AvgIpc) is 2.52. The summed E-state index contributed by atoms with van der Waals surface area (Å²) in [4.78, 5) is 2.34. The molecule has 0 aliphatic carbocycles. The molecule has 0 bridgehead atoms. The van der Waals surface area contributed by atoms with Crippen LogP contribution in [0.25, 0.3) is 0 Å². The predicted molar refractivity (Wildman–Crippen MR) is 86.4 cm³/mol. The van der Waals surface area contributed by atoms with Gasteiger partial charge in [-0.2, -0.15) is 0 Å². The number of rotatable bonds is 8. The molecule has 0 aliphatic rings. The molecule has 0 unspecified atom stereocenters. The van der Waals surface area contributed by atoms with E-state index in [0.717, 1.165) is 44.2 Å². The van der Waals surface area contributed by atoms with Crippen LogP contribution in [0.2, 0.25) is 0 Å². The largest absolute Gasteiger partial charge is 0.495 e. The first-order valence-electron chi connectivity index (χ1n) is 7.41. The molecule has 0 saturated heterocycles. The average molecular weight is 290 g/mol. The molecule has 0 saturated carbocycles. The summed E-state index contributed by atoms with van der Waals surface area (Å²) in [5.41, 5.74) is 7.55. The lowest BCUT2D eigenvalue weighted by atomic mass is 10.1. The van der Waals surface area contributed by atoms with Crippen LogP contribution < -0.4 is 10.5 Å². The van der Waals surface area contributed by atoms with Crippen LogP contribution in [0.15, 0.2) is 18.2 Å². The number of nitrogens with two attached hydrogens (primary N) is 1. The number of hydrogen-bond acceptors (Lipinski definition) is 4. The van der Waals surface area contributed by atoms with Crippen LogP contribution in [0.1, 0.15) is 25.0 Å². The second kappa shape index (κ2) is 10.2. The lowest BCUT2D eigenvalue weighted by Gasteiger charge is -2.20. The minimum atomic E-state index is 0.350. The Hall–Kier alpha value is -1.54. The fraction of sp³-hybridized carbons (Fsp3) is 0.529. The van der Waals surface area contributed by atoms with Gasteiger partial charge in [0.15, 0.2) is 0 Å². The third-order valence-corrected chi connectivity index (χ3v) is 3.20. The second-order valence-electron chi connectivity index (χ2n) is 4.61. The summed E-state index contributed by atoms with van der Waals surface area (Å²) >= 11 is 0. The maximum atomic E-state index is 5.44. The third kappa shape index (κ3) is 6.17. The van der Waals surface area contributed by atoms with Gasteiger partial charge >= 0.3 is 0 Å². The molecule has 0 amide bonds. The summed E-state index contributed by atoms with van der Waals surface area (Å²) in [6.45, 7) is 8.85. The molecule has 4 heteroatoms. The molecule has 1 aromatic carbocycles. The molecular weight excluding hydrogens is 264 g/mol. The van der Waals surface area contributed by atoms with Gasteiger partial charge in [-0.05, 0) is 31.2 Å². The summed E-state index contributed by atoms with van der Waals surface area (Å²) in [5.74, 6) is 6.73. The Morgan fingerprint density at radius 3 is 2.71 bits per heavy atom. The van der Waals surface area contributed by atoms with Gasteiger partial charge in [0.2, 0.25) is 0 Å². The summed E-state index contributed by atoms with van der Waals surface area (Å²) in [6.07, 6.45) is 0. The molecule has 116 valence electrons. The van der Waals surface area contributed by atoms with Gasteiger partial charge in [0.25, 0.3) is 0 Å². The minimum absolute atomic E-state index is 0.350. The van der Waals surface area contributed by atoms with Crippen LogP contribution in [-0.2, 0) is 11.3 Å². The molecule has 0 atom stereocenters. The van der Waals surface area contributed by atoms with Gasteiger partial charge in [0, 0.05) is 19.7 Å². The van der Waals surface area contributed by atoms with Gasteiger partial charge in [-0.25, -0.2) is 0 Å². The molecule has 0 aliphatic heterocycles. The number of likely N-dealkylation sites (N-methyl/N-ethyl adjacent to an activating group) is 1. The van der Waals surface area contributed by atoms with Crippen LogP contribution in [-0.4, -0.2) is 44.9 Å². The Morgan fingerprint density at radius 1 is 1.29 bits per heavy atom. The van der Waals surface area contributed by atoms with E-state index in [1.165, 1.54) is 5.56 Å². The molecule has 1 rings (SSSR count). The van der Waals surface area contributed by atoms with Crippen molar-refractivity contribution in [1.82, 2.24) is 4.90 Å². The van der Waals surface area contributed by atoms with Crippen LogP contribution in [0.4, 0.5) is 0 Å². The van der Waals surface area contributed by atoms with Crippen molar-refractivity contribution in [3.05, 3.63) is 29.3 Å². The Morgan fingerprint density at radius 2 is 2.10 bits per heavy atom. The number of nitrogens with zero attached hydrogens (tertiary/aromatic N) is 1. The van der Waals surface area contributed by atoms with Crippen LogP contribution in [0, 0.1) is 11.8 Å². The highest BCUT2D eigenvalue weighted by atomic mass is 16.5. The maximum absolute atomic E-state index is 5.44. The second-order valence-corrected chi connectivity index (χ2v) is 4.61. The lowest BCUT2D eigenvalue weighted by molar-refractivity contribution is 0.113. The number of benzene rings is 1. The van der Waals surface area contributed by atoms with E-state index in [1.807, 2.05) is 13.0 Å². The van der Waals surface area contributed by atoms with Crippen molar-refractivity contribution >= 4 is 0 Å². The molecular formula is C17H26N2O2. The highest BCUT2D eigenvalue weighted by Crippen LogP contribution is 2.19. The van der Waals surface area contributed by atoms with Crippen LogP contribution in [0.3, 0.4) is 0 Å². The van der Waals surface area contributed by atoms with E-state index in [0.29, 0.717) is 6.54 Å². The lowest BCUT2D eigenvalue weighted by Crippen LogP contribution is -2.27. The van der Waals surface area contributed by atoms with Crippen molar-refractivity contribution in [2.75, 3.05) is 40.0 Å². The molecule has 4 nitrogen and oxygen atoms in total. The van der Waals surface area contributed by atoms with E-state index in [4.69, 9.17) is 15.2 Å². The van der Waals surface area contributed by atoms with Gasteiger partial charge in [-0.15, -0.1) is 0 Å². The fourth-order valence-electron chi connectivity index (χ4n) is 2.04. The molecule has 21 heavy (non-hydrogen) atoms. The minimum Gasteiger partial charge on any atom is -0.495 e. The van der Waals surface area contributed by atoms with E-state index in [2.05, 4.69) is 35.8 Å². The van der Waals surface area contributed by atoms with Gasteiger partial charge in [0.1, 0.15) is 5.75 Å². The van der Waals surface area contributed by atoms with Crippen molar-refractivity contribution in [2.45, 2.75) is 20.4 Å². The Balaban J connectivity index is 2.77. The van der Waals surface area contributed by atoms with Crippen molar-refractivity contribution in [1.29, 1.82) is 0 Å². The molecule has 0 heterocycles. The van der Waals surface area contributed by atoms with Gasteiger partial charge < -0.3 is 15.2 Å². The number of hydrogen-bond donors (Lipinski definition) is 1. The normalized spacial score (nSPS) is 10.3. The highest BCUT2D eigenvalue weighted by molar-refractivity contribution is 5.48. The zero-order valence-electron chi connectivity index (χ0n) is 13.3. The Labute approximate surface area is 128 Å². The SMILES string of the molecule is CCOCCN(CC)Cc1ccc(OC)c(C#CCN)c1. The molecule has 0 aromatic heterocycles. The smallest absolute Gasteiger partial charge is 0.134 e. The predicted octanol–water partition coefficient (Wildman–Crippen LogP) is 1.86. The van der Waals surface area contributed by atoms with Crippen LogP contribution >= 0.6 is 0 Å². The molecule has 0 radical (unpaired) electrons. The summed E-state index contributed by atoms with van der Waals surface area (Å²) < 4.78 is 10.8. The molecule has 0 spiro atoms. The first-order valence-corrected chi connectivity index (χ1v) is 7.41. The number of methoxy groups -OCH3 is 1. The van der Waals surface area contributed by atoms with E-state index in [-0.39, 0.29) is 0 Å². The summed E-state index contributed by atoms with van der Waals surface area (Å²) in [5, 5.41) is 0. The third-order valence-electron chi connectivity index (χ3n) is 3.20. The molecule has 2 N–H and O–H groups in total. The Bertz CT molecular complexity index is 477. The monoisotopic (exact) mass is 290 g/mol. The standard InChI is InChI=1S/C17H26N2O2/c1-4-19(11-12-21-5-2)14-15-8-9-17(20-3)16(13-15)7-6-10-18/h8-9,13H,4-5,10-12,14,18H2,1-3H3. The summed E-state index contributed by atoms with van der Waals surface area (Å²) in [7, 11) is 1.66. The van der Waals surface area contributed by atoms with Crippen molar-refractivity contribution < 1.29 is 9.47 Å². The quantitative estimate of drug-likeness (QED) is 0.586. The van der Waals surface area contributed by atoms with Crippen molar-refractivity contribution in [2.24, 2.45) is 5.73 Å². The molecule has 1 aromatic rings. The Kier molecular flexibility index (Phi) is 8.53. The number of ether oxygens (including phenoxy) is 2. The topological polar surface area (TPSA) is 47.7 Å². The van der Waals surface area contributed by atoms with Gasteiger partial charge in [-0.1, -0.05) is 24.8 Å². The highest BCUT2D eigenvalue weighted by Gasteiger charge is 2.07. The zero-order valence-corrected chi connectivity index (χ0v) is 13.3.